The lowest BCUT2D eigenvalue weighted by Gasteiger charge is -2.33. The van der Waals surface area contributed by atoms with Crippen molar-refractivity contribution >= 4 is 21.4 Å². The van der Waals surface area contributed by atoms with Crippen molar-refractivity contribution in [2.24, 2.45) is 5.73 Å². The molecule has 1 aromatic carbocycles. The van der Waals surface area contributed by atoms with E-state index in [0.717, 1.165) is 23.9 Å². The molecule has 0 aliphatic carbocycles. The average Bonchev–Trinajstić information content (AvgIpc) is 2.34. The number of rotatable bonds is 3. The molecule has 104 valence electrons. The first-order valence-electron chi connectivity index (χ1n) is 6.18. The third-order valence-electron chi connectivity index (χ3n) is 3.17. The van der Waals surface area contributed by atoms with Gasteiger partial charge in [-0.15, -0.1) is 0 Å². The van der Waals surface area contributed by atoms with Crippen molar-refractivity contribution in [2.75, 3.05) is 23.5 Å². The lowest BCUT2D eigenvalue weighted by Crippen LogP contribution is -2.46. The zero-order valence-electron chi connectivity index (χ0n) is 10.9. The number of para-hydroxylation sites is 1. The van der Waals surface area contributed by atoms with Crippen molar-refractivity contribution < 1.29 is 13.2 Å². The second kappa shape index (κ2) is 5.30. The summed E-state index contributed by atoms with van der Waals surface area (Å²) in [7, 11) is -3.13. The Kier molecular flexibility index (Phi) is 3.91. The number of carbonyl (C=O) groups is 1. The number of amides is 1. The number of hydrogen-bond donors (Lipinski definition) is 1. The van der Waals surface area contributed by atoms with E-state index in [1.165, 1.54) is 0 Å². The van der Waals surface area contributed by atoms with Gasteiger partial charge in [0.15, 0.2) is 0 Å². The monoisotopic (exact) mass is 282 g/mol. The molecule has 1 heterocycles. The Balaban J connectivity index is 2.18. The fourth-order valence-corrected chi connectivity index (χ4v) is 2.82. The zero-order chi connectivity index (χ0) is 14.0. The predicted molar refractivity (Wildman–Crippen MR) is 74.8 cm³/mol. The SMILES string of the molecule is CS(=O)(=O)CCC(=O)N1CC(N)Cc2ccccc21. The molecule has 1 aromatic rings. The molecule has 19 heavy (non-hydrogen) atoms. The van der Waals surface area contributed by atoms with Gasteiger partial charge in [0.2, 0.25) is 5.91 Å². The Morgan fingerprint density at radius 2 is 2.11 bits per heavy atom. The Labute approximate surface area is 113 Å². The lowest BCUT2D eigenvalue weighted by molar-refractivity contribution is -0.118. The number of carbonyl (C=O) groups excluding carboxylic acids is 1. The van der Waals surface area contributed by atoms with Gasteiger partial charge in [-0.05, 0) is 18.1 Å². The summed E-state index contributed by atoms with van der Waals surface area (Å²) in [6, 6.07) is 7.50. The molecular weight excluding hydrogens is 264 g/mol. The van der Waals surface area contributed by atoms with Crippen molar-refractivity contribution in [3.63, 3.8) is 0 Å². The summed E-state index contributed by atoms with van der Waals surface area (Å²) in [6.45, 7) is 0.444. The Morgan fingerprint density at radius 3 is 2.79 bits per heavy atom. The van der Waals surface area contributed by atoms with Crippen LogP contribution < -0.4 is 10.6 Å². The first-order valence-corrected chi connectivity index (χ1v) is 8.24. The van der Waals surface area contributed by atoms with E-state index in [0.29, 0.717) is 6.54 Å². The first kappa shape index (κ1) is 14.0. The lowest BCUT2D eigenvalue weighted by atomic mass is 9.98. The van der Waals surface area contributed by atoms with Crippen LogP contribution in [0, 0.1) is 0 Å². The van der Waals surface area contributed by atoms with E-state index < -0.39 is 9.84 Å². The summed E-state index contributed by atoms with van der Waals surface area (Å²) < 4.78 is 22.3. The van der Waals surface area contributed by atoms with Crippen LogP contribution in [0.4, 0.5) is 5.69 Å². The van der Waals surface area contributed by atoms with E-state index in [2.05, 4.69) is 0 Å². The highest BCUT2D eigenvalue weighted by Gasteiger charge is 2.26. The van der Waals surface area contributed by atoms with Crippen LogP contribution in [0.1, 0.15) is 12.0 Å². The van der Waals surface area contributed by atoms with Crippen LogP contribution in [0.15, 0.2) is 24.3 Å². The van der Waals surface area contributed by atoms with Crippen molar-refractivity contribution in [3.8, 4) is 0 Å². The molecule has 1 atom stereocenters. The van der Waals surface area contributed by atoms with Gasteiger partial charge in [-0.3, -0.25) is 4.79 Å². The van der Waals surface area contributed by atoms with Gasteiger partial charge >= 0.3 is 0 Å². The second-order valence-electron chi connectivity index (χ2n) is 4.98. The van der Waals surface area contributed by atoms with Crippen LogP contribution in [0.3, 0.4) is 0 Å². The van der Waals surface area contributed by atoms with Gasteiger partial charge in [-0.25, -0.2) is 8.42 Å². The molecule has 0 bridgehead atoms. The van der Waals surface area contributed by atoms with Gasteiger partial charge in [0, 0.05) is 31.0 Å². The second-order valence-corrected chi connectivity index (χ2v) is 7.24. The molecule has 2 N–H and O–H groups in total. The number of hydrogen-bond acceptors (Lipinski definition) is 4. The van der Waals surface area contributed by atoms with Crippen LogP contribution in [-0.2, 0) is 21.1 Å². The summed E-state index contributed by atoms with van der Waals surface area (Å²) in [5, 5.41) is 0. The maximum Gasteiger partial charge on any atom is 0.228 e. The number of nitrogens with zero attached hydrogens (tertiary/aromatic N) is 1. The average molecular weight is 282 g/mol. The third-order valence-corrected chi connectivity index (χ3v) is 4.12. The largest absolute Gasteiger partial charge is 0.326 e. The van der Waals surface area contributed by atoms with E-state index in [9.17, 15) is 13.2 Å². The normalized spacial score (nSPS) is 19.1. The van der Waals surface area contributed by atoms with Gasteiger partial charge in [0.05, 0.1) is 5.75 Å². The maximum atomic E-state index is 12.2. The highest BCUT2D eigenvalue weighted by atomic mass is 32.2. The molecule has 0 spiro atoms. The Hall–Kier alpha value is -1.40. The van der Waals surface area contributed by atoms with Crippen molar-refractivity contribution in [2.45, 2.75) is 18.9 Å². The van der Waals surface area contributed by atoms with Crippen LogP contribution in [0.5, 0.6) is 0 Å². The minimum Gasteiger partial charge on any atom is -0.326 e. The molecule has 2 rings (SSSR count). The fraction of sp³-hybridized carbons (Fsp3) is 0.462. The van der Waals surface area contributed by atoms with E-state index in [1.807, 2.05) is 24.3 Å². The molecule has 5 nitrogen and oxygen atoms in total. The molecular formula is C13H18N2O3S. The first-order chi connectivity index (χ1) is 8.87. The number of anilines is 1. The Morgan fingerprint density at radius 1 is 1.42 bits per heavy atom. The highest BCUT2D eigenvalue weighted by Crippen LogP contribution is 2.26. The van der Waals surface area contributed by atoms with Crippen molar-refractivity contribution in [3.05, 3.63) is 29.8 Å². The van der Waals surface area contributed by atoms with E-state index in [-0.39, 0.29) is 24.1 Å². The van der Waals surface area contributed by atoms with Crippen LogP contribution in [0.2, 0.25) is 0 Å². The van der Waals surface area contributed by atoms with Gasteiger partial charge in [-0.2, -0.15) is 0 Å². The summed E-state index contributed by atoms with van der Waals surface area (Å²) in [5.41, 5.74) is 7.83. The van der Waals surface area contributed by atoms with E-state index in [1.54, 1.807) is 4.90 Å². The van der Waals surface area contributed by atoms with E-state index >= 15 is 0 Å². The topological polar surface area (TPSA) is 80.5 Å². The predicted octanol–water partition coefficient (Wildman–Crippen LogP) is 0.338. The van der Waals surface area contributed by atoms with Crippen LogP contribution in [-0.4, -0.2) is 38.9 Å². The number of benzene rings is 1. The molecule has 0 radical (unpaired) electrons. The van der Waals surface area contributed by atoms with Gasteiger partial charge < -0.3 is 10.6 Å². The fourth-order valence-electron chi connectivity index (χ4n) is 2.27. The maximum absolute atomic E-state index is 12.2. The van der Waals surface area contributed by atoms with Gasteiger partial charge in [-0.1, -0.05) is 18.2 Å². The third kappa shape index (κ3) is 3.54. The number of sulfone groups is 1. The van der Waals surface area contributed by atoms with Crippen LogP contribution in [0.25, 0.3) is 0 Å². The molecule has 0 saturated carbocycles. The van der Waals surface area contributed by atoms with Crippen molar-refractivity contribution in [1.82, 2.24) is 0 Å². The minimum absolute atomic E-state index is 0.000111. The van der Waals surface area contributed by atoms with Gasteiger partial charge in [0.1, 0.15) is 9.84 Å². The minimum atomic E-state index is -3.13. The summed E-state index contributed by atoms with van der Waals surface area (Å²) >= 11 is 0. The van der Waals surface area contributed by atoms with Crippen LogP contribution >= 0.6 is 0 Å². The van der Waals surface area contributed by atoms with Crippen molar-refractivity contribution in [1.29, 1.82) is 0 Å². The Bertz CT molecular complexity index is 583. The molecule has 1 aliphatic heterocycles. The molecule has 1 unspecified atom stereocenters. The molecule has 0 saturated heterocycles. The standard InChI is InChI=1S/C13H18N2O3S/c1-19(17,18)7-6-13(16)15-9-11(14)8-10-4-2-3-5-12(10)15/h2-5,11H,6-9,14H2,1H3. The molecule has 0 aromatic heterocycles. The summed E-state index contributed by atoms with van der Waals surface area (Å²) in [6.07, 6.45) is 1.88. The molecule has 1 aliphatic rings. The summed E-state index contributed by atoms with van der Waals surface area (Å²) in [4.78, 5) is 13.8. The molecule has 0 fully saturated rings. The van der Waals surface area contributed by atoms with Gasteiger partial charge in [0.25, 0.3) is 0 Å². The molecule has 1 amide bonds. The van der Waals surface area contributed by atoms with E-state index in [4.69, 9.17) is 5.73 Å². The zero-order valence-corrected chi connectivity index (χ0v) is 11.7. The number of nitrogens with two attached hydrogens (primary N) is 1. The highest BCUT2D eigenvalue weighted by molar-refractivity contribution is 7.90. The quantitative estimate of drug-likeness (QED) is 0.866. The number of fused-ring (bicyclic) bond motifs is 1. The smallest absolute Gasteiger partial charge is 0.228 e. The molecule has 6 heteroatoms. The summed E-state index contributed by atoms with van der Waals surface area (Å²) in [5.74, 6) is -0.312.